The van der Waals surface area contributed by atoms with Crippen LogP contribution < -0.4 is 10.1 Å². The van der Waals surface area contributed by atoms with Gasteiger partial charge >= 0.3 is 0 Å². The number of carbonyl (C=O) groups excluding carboxylic acids is 1. The van der Waals surface area contributed by atoms with Crippen molar-refractivity contribution in [3.05, 3.63) is 64.5 Å². The van der Waals surface area contributed by atoms with Gasteiger partial charge in [-0.2, -0.15) is 5.26 Å². The zero-order chi connectivity index (χ0) is 19.1. The summed E-state index contributed by atoms with van der Waals surface area (Å²) >= 11 is 0. The van der Waals surface area contributed by atoms with Crippen LogP contribution in [-0.4, -0.2) is 16.9 Å². The Morgan fingerprint density at radius 2 is 2.00 bits per heavy atom. The first-order valence-corrected chi connectivity index (χ1v) is 8.47. The predicted octanol–water partition coefficient (Wildman–Crippen LogP) is 3.71. The summed E-state index contributed by atoms with van der Waals surface area (Å²) < 4.78 is 5.91. The second-order valence-corrected chi connectivity index (χ2v) is 6.39. The van der Waals surface area contributed by atoms with Crippen LogP contribution in [0.1, 0.15) is 36.2 Å². The smallest absolute Gasteiger partial charge is 0.262 e. The van der Waals surface area contributed by atoms with Gasteiger partial charge in [-0.15, -0.1) is 0 Å². The molecule has 0 radical (unpaired) electrons. The van der Waals surface area contributed by atoms with Crippen LogP contribution in [0, 0.1) is 25.2 Å². The minimum Gasteiger partial charge on any atom is -0.487 e. The van der Waals surface area contributed by atoms with Gasteiger partial charge in [-0.25, -0.2) is 0 Å². The standard InChI is InChI=1S/C21H23N3O2/c1-14(2)24-21(25)18(12-22)11-17-9-15(3)20(16(4)10-17)26-13-19-7-5-6-8-23-19/h5-11,14H,13H2,1-4H3,(H,24,25)/b18-11+. The molecule has 0 saturated carbocycles. The molecule has 5 heteroatoms. The van der Waals surface area contributed by atoms with Crippen LogP contribution >= 0.6 is 0 Å². The van der Waals surface area contributed by atoms with Gasteiger partial charge in [-0.05, 0) is 74.7 Å². The molecule has 1 aromatic carbocycles. The Hall–Kier alpha value is -3.13. The lowest BCUT2D eigenvalue weighted by Gasteiger charge is -2.13. The van der Waals surface area contributed by atoms with E-state index in [2.05, 4.69) is 10.3 Å². The van der Waals surface area contributed by atoms with Gasteiger partial charge in [0.25, 0.3) is 5.91 Å². The minimum absolute atomic E-state index is 0.0231. The fourth-order valence-corrected chi connectivity index (χ4v) is 2.58. The number of amides is 1. The summed E-state index contributed by atoms with van der Waals surface area (Å²) in [6.45, 7) is 7.98. The second-order valence-electron chi connectivity index (χ2n) is 6.39. The van der Waals surface area contributed by atoms with Gasteiger partial charge in [0.05, 0.1) is 5.69 Å². The van der Waals surface area contributed by atoms with E-state index in [1.165, 1.54) is 0 Å². The number of carbonyl (C=O) groups is 1. The van der Waals surface area contributed by atoms with Crippen molar-refractivity contribution in [2.24, 2.45) is 0 Å². The molecule has 5 nitrogen and oxygen atoms in total. The Morgan fingerprint density at radius 1 is 1.31 bits per heavy atom. The molecule has 1 heterocycles. The fraction of sp³-hybridized carbons (Fsp3) is 0.286. The third-order valence-corrected chi connectivity index (χ3v) is 3.67. The second kappa shape index (κ2) is 8.82. The van der Waals surface area contributed by atoms with Gasteiger partial charge < -0.3 is 10.1 Å². The molecule has 2 aromatic rings. The largest absolute Gasteiger partial charge is 0.487 e. The van der Waals surface area contributed by atoms with Crippen LogP contribution in [-0.2, 0) is 11.4 Å². The number of benzene rings is 1. The zero-order valence-electron chi connectivity index (χ0n) is 15.5. The van der Waals surface area contributed by atoms with E-state index in [9.17, 15) is 10.1 Å². The third-order valence-electron chi connectivity index (χ3n) is 3.67. The third kappa shape index (κ3) is 5.18. The van der Waals surface area contributed by atoms with Crippen LogP contribution in [0.5, 0.6) is 5.75 Å². The maximum Gasteiger partial charge on any atom is 0.262 e. The molecule has 0 unspecified atom stereocenters. The molecule has 0 bridgehead atoms. The van der Waals surface area contributed by atoms with Gasteiger partial charge in [-0.1, -0.05) is 6.07 Å². The average molecular weight is 349 g/mol. The Balaban J connectivity index is 2.21. The van der Waals surface area contributed by atoms with Gasteiger partial charge in [0, 0.05) is 12.2 Å². The number of ether oxygens (including phenoxy) is 1. The van der Waals surface area contributed by atoms with Crippen molar-refractivity contribution in [2.75, 3.05) is 0 Å². The monoisotopic (exact) mass is 349 g/mol. The summed E-state index contributed by atoms with van der Waals surface area (Å²) in [5, 5.41) is 12.0. The first kappa shape index (κ1) is 19.2. The first-order valence-electron chi connectivity index (χ1n) is 8.47. The molecule has 1 amide bonds. The summed E-state index contributed by atoms with van der Waals surface area (Å²) in [7, 11) is 0. The highest BCUT2D eigenvalue weighted by atomic mass is 16.5. The lowest BCUT2D eigenvalue weighted by atomic mass is 10.0. The van der Waals surface area contributed by atoms with Crippen molar-refractivity contribution in [2.45, 2.75) is 40.3 Å². The lowest BCUT2D eigenvalue weighted by molar-refractivity contribution is -0.117. The fourth-order valence-electron chi connectivity index (χ4n) is 2.58. The Labute approximate surface area is 154 Å². The number of nitriles is 1. The minimum atomic E-state index is -0.367. The molecule has 1 N–H and O–H groups in total. The summed E-state index contributed by atoms with van der Waals surface area (Å²) in [5.41, 5.74) is 3.61. The summed E-state index contributed by atoms with van der Waals surface area (Å²) in [6, 6.07) is 11.4. The van der Waals surface area contributed by atoms with Crippen molar-refractivity contribution in [3.8, 4) is 11.8 Å². The molecule has 0 saturated heterocycles. The summed E-state index contributed by atoms with van der Waals surface area (Å²) in [5.74, 6) is 0.422. The molecule has 0 aliphatic carbocycles. The van der Waals surface area contributed by atoms with Gasteiger partial charge in [0.2, 0.25) is 0 Å². The van der Waals surface area contributed by atoms with E-state index in [4.69, 9.17) is 4.74 Å². The predicted molar refractivity (Wildman–Crippen MR) is 101 cm³/mol. The van der Waals surface area contributed by atoms with Crippen molar-refractivity contribution in [1.82, 2.24) is 10.3 Å². The molecule has 0 atom stereocenters. The highest BCUT2D eigenvalue weighted by molar-refractivity contribution is 6.01. The van der Waals surface area contributed by atoms with Gasteiger partial charge in [-0.3, -0.25) is 9.78 Å². The molecule has 0 fully saturated rings. The topological polar surface area (TPSA) is 75.0 Å². The number of nitrogens with zero attached hydrogens (tertiary/aromatic N) is 2. The molecule has 26 heavy (non-hydrogen) atoms. The van der Waals surface area contributed by atoms with E-state index < -0.39 is 0 Å². The van der Waals surface area contributed by atoms with E-state index >= 15 is 0 Å². The highest BCUT2D eigenvalue weighted by Crippen LogP contribution is 2.26. The number of hydrogen-bond donors (Lipinski definition) is 1. The maximum atomic E-state index is 12.1. The number of aromatic nitrogens is 1. The molecule has 1 aromatic heterocycles. The van der Waals surface area contributed by atoms with E-state index in [1.54, 1.807) is 12.3 Å². The van der Waals surface area contributed by atoms with E-state index in [0.29, 0.717) is 6.61 Å². The average Bonchev–Trinajstić information content (AvgIpc) is 2.59. The Bertz CT molecular complexity index is 826. The first-order chi connectivity index (χ1) is 12.4. The van der Waals surface area contributed by atoms with Crippen molar-refractivity contribution < 1.29 is 9.53 Å². The molecular weight excluding hydrogens is 326 g/mol. The summed E-state index contributed by atoms with van der Waals surface area (Å²) in [4.78, 5) is 16.3. The van der Waals surface area contributed by atoms with Crippen LogP contribution in [0.25, 0.3) is 6.08 Å². The van der Waals surface area contributed by atoms with Crippen LogP contribution in [0.15, 0.2) is 42.1 Å². The van der Waals surface area contributed by atoms with Crippen LogP contribution in [0.2, 0.25) is 0 Å². The highest BCUT2D eigenvalue weighted by Gasteiger charge is 2.12. The lowest BCUT2D eigenvalue weighted by Crippen LogP contribution is -2.30. The molecule has 2 rings (SSSR count). The number of rotatable bonds is 6. The van der Waals surface area contributed by atoms with Crippen molar-refractivity contribution in [1.29, 1.82) is 5.26 Å². The zero-order valence-corrected chi connectivity index (χ0v) is 15.5. The number of nitrogens with one attached hydrogen (secondary N) is 1. The molecular formula is C21H23N3O2. The molecule has 0 aliphatic rings. The summed E-state index contributed by atoms with van der Waals surface area (Å²) in [6.07, 6.45) is 3.33. The van der Waals surface area contributed by atoms with E-state index in [0.717, 1.165) is 28.1 Å². The normalized spacial score (nSPS) is 11.2. The van der Waals surface area contributed by atoms with Crippen LogP contribution in [0.3, 0.4) is 0 Å². The molecule has 0 spiro atoms. The quantitative estimate of drug-likeness (QED) is 0.637. The number of aryl methyl sites for hydroxylation is 2. The maximum absolute atomic E-state index is 12.1. The van der Waals surface area contributed by atoms with Crippen molar-refractivity contribution in [3.63, 3.8) is 0 Å². The van der Waals surface area contributed by atoms with E-state index in [-0.39, 0.29) is 17.5 Å². The van der Waals surface area contributed by atoms with Gasteiger partial charge in [0.15, 0.2) is 0 Å². The van der Waals surface area contributed by atoms with Gasteiger partial charge in [0.1, 0.15) is 24.0 Å². The Morgan fingerprint density at radius 3 is 2.54 bits per heavy atom. The molecule has 134 valence electrons. The van der Waals surface area contributed by atoms with Crippen LogP contribution in [0.4, 0.5) is 0 Å². The molecule has 0 aliphatic heterocycles. The SMILES string of the molecule is Cc1cc(/C=C(\C#N)C(=O)NC(C)C)cc(C)c1OCc1ccccn1. The van der Waals surface area contributed by atoms with Crippen molar-refractivity contribution >= 4 is 12.0 Å². The van der Waals surface area contributed by atoms with E-state index in [1.807, 2.05) is 64.1 Å². The Kier molecular flexibility index (Phi) is 6.51. The number of pyridine rings is 1. The number of hydrogen-bond acceptors (Lipinski definition) is 4.